The predicted molar refractivity (Wildman–Crippen MR) is 113 cm³/mol. The molecule has 166 valence electrons. The molecule has 0 aliphatic carbocycles. The number of hydrogen-bond donors (Lipinski definition) is 0. The normalized spacial score (nSPS) is 22.4. The number of halogens is 2. The summed E-state index contributed by atoms with van der Waals surface area (Å²) in [6.45, 7) is 4.84. The Labute approximate surface area is 179 Å². The number of fused-ring (bicyclic) bond motifs is 1. The van der Waals surface area contributed by atoms with Gasteiger partial charge in [0.1, 0.15) is 33.4 Å². The number of anilines is 1. The van der Waals surface area contributed by atoms with Crippen LogP contribution in [0.25, 0.3) is 17.0 Å². The van der Waals surface area contributed by atoms with Crippen molar-refractivity contribution in [2.75, 3.05) is 23.5 Å². The van der Waals surface area contributed by atoms with Gasteiger partial charge >= 0.3 is 0 Å². The largest absolute Gasteiger partial charge is 0.353 e. The zero-order valence-electron chi connectivity index (χ0n) is 17.5. The number of aromatic nitrogens is 5. The maximum Gasteiger partial charge on any atom is 0.282 e. The molecule has 11 heteroatoms. The number of sulfone groups is 1. The molecule has 0 spiro atoms. The molecule has 0 aromatic carbocycles. The summed E-state index contributed by atoms with van der Waals surface area (Å²) in [7, 11) is -3.11. The third kappa shape index (κ3) is 4.51. The van der Waals surface area contributed by atoms with Crippen LogP contribution in [0.3, 0.4) is 0 Å². The molecular weight excluding hydrogens is 426 g/mol. The number of piperidine rings is 1. The Balaban J connectivity index is 1.70. The van der Waals surface area contributed by atoms with Crippen molar-refractivity contribution < 1.29 is 17.2 Å². The van der Waals surface area contributed by atoms with Crippen LogP contribution in [0.1, 0.15) is 32.4 Å². The first-order valence-corrected chi connectivity index (χ1v) is 12.1. The molecule has 1 aliphatic heterocycles. The van der Waals surface area contributed by atoms with Gasteiger partial charge in [-0.3, -0.25) is 0 Å². The number of rotatable bonds is 5. The Bertz CT molecular complexity index is 1200. The second-order valence-corrected chi connectivity index (χ2v) is 10.5. The third-order valence-corrected chi connectivity index (χ3v) is 6.75. The van der Waals surface area contributed by atoms with E-state index in [1.165, 1.54) is 29.2 Å². The van der Waals surface area contributed by atoms with E-state index in [4.69, 9.17) is 0 Å². The minimum Gasteiger partial charge on any atom is -0.353 e. The molecule has 4 rings (SSSR count). The topological polar surface area (TPSA) is 93.4 Å². The van der Waals surface area contributed by atoms with E-state index in [-0.39, 0.29) is 23.4 Å². The van der Waals surface area contributed by atoms with E-state index in [1.54, 1.807) is 12.3 Å². The first kappa shape index (κ1) is 21.5. The van der Waals surface area contributed by atoms with E-state index in [9.17, 15) is 17.2 Å². The molecule has 1 aliphatic rings. The van der Waals surface area contributed by atoms with Crippen LogP contribution in [-0.2, 0) is 9.84 Å². The van der Waals surface area contributed by atoms with Gasteiger partial charge in [-0.15, -0.1) is 0 Å². The molecule has 3 aromatic rings. The van der Waals surface area contributed by atoms with Crippen LogP contribution in [0.4, 0.5) is 14.6 Å². The highest BCUT2D eigenvalue weighted by molar-refractivity contribution is 7.90. The Morgan fingerprint density at radius 1 is 1.19 bits per heavy atom. The summed E-state index contributed by atoms with van der Waals surface area (Å²) in [5.74, 6) is 1.07. The summed E-state index contributed by atoms with van der Waals surface area (Å²) in [6.07, 6.45) is 2.35. The molecule has 3 aromatic heterocycles. The van der Waals surface area contributed by atoms with Crippen LogP contribution in [-0.4, -0.2) is 57.6 Å². The van der Waals surface area contributed by atoms with Crippen molar-refractivity contribution in [2.45, 2.75) is 32.7 Å². The lowest BCUT2D eigenvalue weighted by Gasteiger charge is -2.43. The maximum atomic E-state index is 13.1. The molecular formula is C20H24F2N6O2S. The number of nitrogens with zero attached hydrogens (tertiary/aromatic N) is 6. The number of hydrogen-bond acceptors (Lipinski definition) is 7. The Hall–Kier alpha value is -2.69. The van der Waals surface area contributed by atoms with Gasteiger partial charge in [-0.1, -0.05) is 6.92 Å². The van der Waals surface area contributed by atoms with Gasteiger partial charge in [-0.25, -0.2) is 36.7 Å². The summed E-state index contributed by atoms with van der Waals surface area (Å²) in [5.41, 5.74) is 1.07. The zero-order chi connectivity index (χ0) is 22.3. The zero-order valence-corrected chi connectivity index (χ0v) is 18.3. The Kier molecular flexibility index (Phi) is 5.63. The van der Waals surface area contributed by atoms with E-state index < -0.39 is 16.3 Å². The molecule has 1 saturated heterocycles. The summed E-state index contributed by atoms with van der Waals surface area (Å²) in [6, 6.07) is 4.48. The Morgan fingerprint density at radius 3 is 2.68 bits per heavy atom. The fourth-order valence-electron chi connectivity index (χ4n) is 4.27. The van der Waals surface area contributed by atoms with Crippen molar-refractivity contribution in [3.05, 3.63) is 36.4 Å². The molecule has 0 radical (unpaired) electrons. The quantitative estimate of drug-likeness (QED) is 0.590. The van der Waals surface area contributed by atoms with E-state index in [0.29, 0.717) is 28.8 Å². The molecule has 3 atom stereocenters. The highest BCUT2D eigenvalue weighted by Gasteiger charge is 2.34. The highest BCUT2D eigenvalue weighted by atomic mass is 32.2. The fraction of sp³-hybridized carbons (Fsp3) is 0.500. The molecule has 0 bridgehead atoms. The smallest absolute Gasteiger partial charge is 0.282 e. The van der Waals surface area contributed by atoms with Gasteiger partial charge < -0.3 is 4.90 Å². The van der Waals surface area contributed by atoms with E-state index in [1.807, 2.05) is 6.92 Å². The Morgan fingerprint density at radius 2 is 1.97 bits per heavy atom. The van der Waals surface area contributed by atoms with Crippen molar-refractivity contribution >= 4 is 21.3 Å². The van der Waals surface area contributed by atoms with Crippen molar-refractivity contribution in [3.8, 4) is 11.4 Å². The summed E-state index contributed by atoms with van der Waals surface area (Å²) < 4.78 is 51.3. The van der Waals surface area contributed by atoms with E-state index >= 15 is 0 Å². The SMILES string of the molecule is CC1CC(CS(C)(=O)=O)C(C)N(c2cc(-c3cnc4ccc(C(F)F)nn34)ncn2)C1. The average Bonchev–Trinajstić information content (AvgIpc) is 3.12. The standard InChI is InChI=1S/C20H24F2N6O2S/c1-12-6-14(10-31(3,29)30)13(2)27(9-12)19-7-16(24-11-25-19)17-8-23-18-5-4-15(20(21)22)26-28(17)18/h4-5,7-8,11-14,20H,6,9-10H2,1-3H3. The van der Waals surface area contributed by atoms with Crippen LogP contribution >= 0.6 is 0 Å². The fourth-order valence-corrected chi connectivity index (χ4v) is 5.46. The van der Waals surface area contributed by atoms with Crippen molar-refractivity contribution in [2.24, 2.45) is 11.8 Å². The van der Waals surface area contributed by atoms with Crippen LogP contribution in [0.5, 0.6) is 0 Å². The van der Waals surface area contributed by atoms with Crippen LogP contribution in [0.2, 0.25) is 0 Å². The molecule has 0 amide bonds. The van der Waals surface area contributed by atoms with Gasteiger partial charge in [0, 0.05) is 24.9 Å². The molecule has 0 saturated carbocycles. The average molecular weight is 451 g/mol. The molecule has 31 heavy (non-hydrogen) atoms. The lowest BCUT2D eigenvalue weighted by atomic mass is 9.86. The van der Waals surface area contributed by atoms with E-state index in [0.717, 1.165) is 13.0 Å². The minimum atomic E-state index is -3.11. The summed E-state index contributed by atoms with van der Waals surface area (Å²) in [4.78, 5) is 15.0. The third-order valence-electron chi connectivity index (χ3n) is 5.72. The van der Waals surface area contributed by atoms with Gasteiger partial charge in [0.15, 0.2) is 5.65 Å². The molecule has 3 unspecified atom stereocenters. The van der Waals surface area contributed by atoms with Crippen LogP contribution < -0.4 is 4.90 Å². The first-order valence-electron chi connectivity index (χ1n) is 10.0. The molecule has 1 fully saturated rings. The van der Waals surface area contributed by atoms with Crippen molar-refractivity contribution in [1.82, 2.24) is 24.6 Å². The minimum absolute atomic E-state index is 0.0109. The van der Waals surface area contributed by atoms with Gasteiger partial charge in [0.05, 0.1) is 17.6 Å². The van der Waals surface area contributed by atoms with Gasteiger partial charge in [0.25, 0.3) is 6.43 Å². The molecule has 0 N–H and O–H groups in total. The lowest BCUT2D eigenvalue weighted by Crippen LogP contribution is -2.49. The van der Waals surface area contributed by atoms with Crippen LogP contribution in [0, 0.1) is 11.8 Å². The summed E-state index contributed by atoms with van der Waals surface area (Å²) in [5, 5.41) is 4.00. The first-order chi connectivity index (χ1) is 14.6. The van der Waals surface area contributed by atoms with E-state index in [2.05, 4.69) is 31.9 Å². The monoisotopic (exact) mass is 450 g/mol. The van der Waals surface area contributed by atoms with Gasteiger partial charge in [0.2, 0.25) is 0 Å². The van der Waals surface area contributed by atoms with Gasteiger partial charge in [-0.2, -0.15) is 5.10 Å². The number of alkyl halides is 2. The maximum absolute atomic E-state index is 13.1. The second-order valence-electron chi connectivity index (χ2n) is 8.32. The summed E-state index contributed by atoms with van der Waals surface area (Å²) >= 11 is 0. The van der Waals surface area contributed by atoms with Crippen molar-refractivity contribution in [1.29, 1.82) is 0 Å². The highest BCUT2D eigenvalue weighted by Crippen LogP contribution is 2.32. The molecule has 8 nitrogen and oxygen atoms in total. The van der Waals surface area contributed by atoms with Crippen molar-refractivity contribution in [3.63, 3.8) is 0 Å². The van der Waals surface area contributed by atoms with Crippen LogP contribution in [0.15, 0.2) is 30.7 Å². The molecule has 4 heterocycles. The predicted octanol–water partition coefficient (Wildman–Crippen LogP) is 3.02. The second kappa shape index (κ2) is 8.10. The van der Waals surface area contributed by atoms with Gasteiger partial charge in [-0.05, 0) is 37.3 Å². The number of imidazole rings is 1. The lowest BCUT2D eigenvalue weighted by molar-refractivity contribution is 0.144.